The van der Waals surface area contributed by atoms with Crippen LogP contribution in [0.1, 0.15) is 11.5 Å². The standard InChI is InChI=1S/C22H20ClN3O4/c1-11-19(12(2)30-24-11)13-5-6-14-17(9-13)26(10-18(27)28)20-15(22(14)29)7-8-16(23)21(20)25(3)4/h5-9H,10H2,1-4H3,(H,27,28). The van der Waals surface area contributed by atoms with E-state index in [-0.39, 0.29) is 12.0 Å². The van der Waals surface area contributed by atoms with E-state index in [1.807, 2.05) is 26.0 Å². The van der Waals surface area contributed by atoms with E-state index >= 15 is 0 Å². The highest BCUT2D eigenvalue weighted by atomic mass is 35.5. The fourth-order valence-electron chi connectivity index (χ4n) is 4.00. The zero-order valence-corrected chi connectivity index (χ0v) is 17.7. The number of pyridine rings is 1. The summed E-state index contributed by atoms with van der Waals surface area (Å²) >= 11 is 6.44. The predicted octanol–water partition coefficient (Wildman–Crippen LogP) is 4.23. The monoisotopic (exact) mass is 425 g/mol. The van der Waals surface area contributed by atoms with E-state index < -0.39 is 5.97 Å². The Kier molecular flexibility index (Phi) is 4.78. The van der Waals surface area contributed by atoms with Crippen molar-refractivity contribution in [3.05, 3.63) is 57.0 Å². The average Bonchev–Trinajstić information content (AvgIpc) is 3.02. The number of anilines is 1. The van der Waals surface area contributed by atoms with E-state index in [1.165, 1.54) is 0 Å². The summed E-state index contributed by atoms with van der Waals surface area (Å²) in [6.07, 6.45) is 0. The second-order valence-electron chi connectivity index (χ2n) is 7.43. The number of nitrogens with zero attached hydrogens (tertiary/aromatic N) is 3. The lowest BCUT2D eigenvalue weighted by Crippen LogP contribution is -2.19. The van der Waals surface area contributed by atoms with Gasteiger partial charge in [-0.25, -0.2) is 0 Å². The topological polar surface area (TPSA) is 88.6 Å². The molecule has 2 aromatic carbocycles. The lowest BCUT2D eigenvalue weighted by molar-refractivity contribution is -0.137. The molecule has 0 radical (unpaired) electrons. The maximum Gasteiger partial charge on any atom is 0.323 e. The van der Waals surface area contributed by atoms with Gasteiger partial charge in [-0.1, -0.05) is 22.8 Å². The lowest BCUT2D eigenvalue weighted by atomic mass is 10.0. The Morgan fingerprint density at radius 3 is 2.50 bits per heavy atom. The molecular formula is C22H20ClN3O4. The van der Waals surface area contributed by atoms with Crippen LogP contribution in [0.4, 0.5) is 5.69 Å². The lowest BCUT2D eigenvalue weighted by Gasteiger charge is -2.22. The van der Waals surface area contributed by atoms with Crippen LogP contribution < -0.4 is 10.3 Å². The molecule has 0 bridgehead atoms. The third-order valence-electron chi connectivity index (χ3n) is 5.21. The molecule has 0 fully saturated rings. The third-order valence-corrected chi connectivity index (χ3v) is 5.52. The van der Waals surface area contributed by atoms with Crippen LogP contribution in [0.15, 0.2) is 39.6 Å². The van der Waals surface area contributed by atoms with E-state index in [2.05, 4.69) is 5.16 Å². The number of rotatable bonds is 4. The number of aliphatic carboxylic acids is 1. The number of halogens is 1. The molecule has 2 aromatic heterocycles. The van der Waals surface area contributed by atoms with Gasteiger partial charge in [0.2, 0.25) is 0 Å². The fraction of sp³-hybridized carbons (Fsp3) is 0.227. The molecule has 7 nitrogen and oxygen atoms in total. The smallest absolute Gasteiger partial charge is 0.323 e. The first kappa shape index (κ1) is 20.0. The molecule has 8 heteroatoms. The van der Waals surface area contributed by atoms with Crippen molar-refractivity contribution in [2.45, 2.75) is 20.4 Å². The minimum atomic E-state index is -1.02. The Balaban J connectivity index is 2.21. The summed E-state index contributed by atoms with van der Waals surface area (Å²) in [5.74, 6) is -0.370. The molecule has 2 heterocycles. The Morgan fingerprint density at radius 1 is 1.20 bits per heavy atom. The molecule has 4 aromatic rings. The van der Waals surface area contributed by atoms with Gasteiger partial charge >= 0.3 is 5.97 Å². The number of aryl methyl sites for hydroxylation is 2. The van der Waals surface area contributed by atoms with Gasteiger partial charge in [0.1, 0.15) is 12.3 Å². The molecule has 0 unspecified atom stereocenters. The van der Waals surface area contributed by atoms with Crippen LogP contribution in [0.25, 0.3) is 32.9 Å². The second kappa shape index (κ2) is 7.18. The van der Waals surface area contributed by atoms with Gasteiger partial charge in [-0.15, -0.1) is 0 Å². The minimum Gasteiger partial charge on any atom is -0.480 e. The summed E-state index contributed by atoms with van der Waals surface area (Å²) in [4.78, 5) is 26.8. The van der Waals surface area contributed by atoms with Gasteiger partial charge in [-0.2, -0.15) is 0 Å². The Labute approximate surface area is 177 Å². The summed E-state index contributed by atoms with van der Waals surface area (Å²) in [6, 6.07) is 8.67. The number of carboxylic acid groups (broad SMARTS) is 1. The molecule has 30 heavy (non-hydrogen) atoms. The van der Waals surface area contributed by atoms with Crippen molar-refractivity contribution in [1.82, 2.24) is 9.72 Å². The van der Waals surface area contributed by atoms with Crippen LogP contribution in [0, 0.1) is 13.8 Å². The van der Waals surface area contributed by atoms with Gasteiger partial charge in [-0.05, 0) is 43.7 Å². The molecule has 0 aliphatic rings. The quantitative estimate of drug-likeness (QED) is 0.492. The van der Waals surface area contributed by atoms with Gasteiger partial charge < -0.3 is 19.1 Å². The third kappa shape index (κ3) is 3.02. The molecule has 0 saturated carbocycles. The number of carboxylic acids is 1. The zero-order chi connectivity index (χ0) is 21.7. The molecule has 0 aliphatic carbocycles. The number of carbonyl (C=O) groups is 1. The van der Waals surface area contributed by atoms with Crippen molar-refractivity contribution in [3.8, 4) is 11.1 Å². The molecule has 0 amide bonds. The Morgan fingerprint density at radius 2 is 1.90 bits per heavy atom. The van der Waals surface area contributed by atoms with Crippen molar-refractivity contribution in [2.75, 3.05) is 19.0 Å². The van der Waals surface area contributed by atoms with E-state index in [0.29, 0.717) is 38.3 Å². The van der Waals surface area contributed by atoms with Gasteiger partial charge in [0.05, 0.1) is 27.4 Å². The predicted molar refractivity (Wildman–Crippen MR) is 118 cm³/mol. The van der Waals surface area contributed by atoms with Crippen molar-refractivity contribution in [2.24, 2.45) is 0 Å². The van der Waals surface area contributed by atoms with Crippen LogP contribution in [0.5, 0.6) is 0 Å². The highest BCUT2D eigenvalue weighted by Crippen LogP contribution is 2.35. The molecule has 0 spiro atoms. The van der Waals surface area contributed by atoms with E-state index in [1.54, 1.807) is 41.8 Å². The number of hydrogen-bond donors (Lipinski definition) is 1. The largest absolute Gasteiger partial charge is 0.480 e. The highest BCUT2D eigenvalue weighted by Gasteiger charge is 2.20. The van der Waals surface area contributed by atoms with Crippen LogP contribution >= 0.6 is 11.6 Å². The molecule has 0 atom stereocenters. The normalized spacial score (nSPS) is 11.4. The number of hydrogen-bond acceptors (Lipinski definition) is 5. The summed E-state index contributed by atoms with van der Waals surface area (Å²) < 4.78 is 6.92. The van der Waals surface area contributed by atoms with Gasteiger partial charge in [0, 0.05) is 30.4 Å². The van der Waals surface area contributed by atoms with Crippen molar-refractivity contribution in [1.29, 1.82) is 0 Å². The van der Waals surface area contributed by atoms with Crippen LogP contribution in [0.2, 0.25) is 5.02 Å². The average molecular weight is 426 g/mol. The van der Waals surface area contributed by atoms with Crippen LogP contribution in [-0.2, 0) is 11.3 Å². The zero-order valence-electron chi connectivity index (χ0n) is 17.0. The number of fused-ring (bicyclic) bond motifs is 2. The maximum absolute atomic E-state index is 13.3. The summed E-state index contributed by atoms with van der Waals surface area (Å²) in [7, 11) is 3.61. The second-order valence-corrected chi connectivity index (χ2v) is 7.83. The summed E-state index contributed by atoms with van der Waals surface area (Å²) in [5, 5.41) is 14.9. The molecule has 4 rings (SSSR count). The fourth-order valence-corrected chi connectivity index (χ4v) is 4.32. The summed E-state index contributed by atoms with van der Waals surface area (Å²) in [6.45, 7) is 3.33. The minimum absolute atomic E-state index is 0.174. The van der Waals surface area contributed by atoms with Gasteiger partial charge in [0.15, 0.2) is 5.43 Å². The van der Waals surface area contributed by atoms with Crippen molar-refractivity contribution < 1.29 is 14.4 Å². The molecule has 154 valence electrons. The first-order valence-electron chi connectivity index (χ1n) is 9.31. The maximum atomic E-state index is 13.3. The van der Waals surface area contributed by atoms with Crippen molar-refractivity contribution in [3.63, 3.8) is 0 Å². The Hall–Kier alpha value is -3.32. The van der Waals surface area contributed by atoms with E-state index in [0.717, 1.165) is 16.8 Å². The molecular weight excluding hydrogens is 406 g/mol. The SMILES string of the molecule is Cc1noc(C)c1-c1ccc2c(=O)c3ccc(Cl)c(N(C)C)c3n(CC(=O)O)c2c1. The van der Waals surface area contributed by atoms with Crippen LogP contribution in [-0.4, -0.2) is 34.9 Å². The van der Waals surface area contributed by atoms with E-state index in [4.69, 9.17) is 16.1 Å². The van der Waals surface area contributed by atoms with Gasteiger partial charge in [0.25, 0.3) is 0 Å². The van der Waals surface area contributed by atoms with E-state index in [9.17, 15) is 14.7 Å². The van der Waals surface area contributed by atoms with Crippen molar-refractivity contribution >= 4 is 45.1 Å². The van der Waals surface area contributed by atoms with Crippen LogP contribution in [0.3, 0.4) is 0 Å². The Bertz CT molecular complexity index is 1370. The molecule has 1 N–H and O–H groups in total. The number of aromatic nitrogens is 2. The molecule has 0 saturated heterocycles. The number of benzene rings is 2. The highest BCUT2D eigenvalue weighted by molar-refractivity contribution is 6.35. The van der Waals surface area contributed by atoms with Gasteiger partial charge in [-0.3, -0.25) is 9.59 Å². The first-order valence-corrected chi connectivity index (χ1v) is 9.69. The molecule has 0 aliphatic heterocycles. The summed E-state index contributed by atoms with van der Waals surface area (Å²) in [5.41, 5.74) is 3.76. The first-order chi connectivity index (χ1) is 14.2.